The van der Waals surface area contributed by atoms with Crippen LogP contribution in [-0.2, 0) is 27.8 Å². The Labute approximate surface area is 217 Å². The van der Waals surface area contributed by atoms with E-state index in [0.29, 0.717) is 36.6 Å². The van der Waals surface area contributed by atoms with Crippen molar-refractivity contribution >= 4 is 33.7 Å². The number of hydrogen-bond acceptors (Lipinski definition) is 5. The number of halogens is 1. The molecule has 2 aliphatic heterocycles. The van der Waals surface area contributed by atoms with Crippen LogP contribution in [-0.4, -0.2) is 50.5 Å². The van der Waals surface area contributed by atoms with Crippen molar-refractivity contribution in [3.8, 4) is 0 Å². The standard InChI is InChI=1S/C27H29ClN4O3S/c28-23-10-11-26-22(14-23)15-24(18-30(26)16-20-6-2-1-3-7-20)32(19-33)31-13-12-21(17-31)25-8-4-5-9-27(25)36(29,34)35/h1-11,14,19,21,24H,12-13,15-18H2,(H2,29,34,35). The average molecular weight is 525 g/mol. The van der Waals surface area contributed by atoms with E-state index in [4.69, 9.17) is 16.7 Å². The molecule has 2 aliphatic rings. The molecule has 2 unspecified atom stereocenters. The second-order valence-electron chi connectivity index (χ2n) is 9.46. The van der Waals surface area contributed by atoms with Gasteiger partial charge in [0.25, 0.3) is 0 Å². The summed E-state index contributed by atoms with van der Waals surface area (Å²) >= 11 is 6.34. The van der Waals surface area contributed by atoms with Crippen LogP contribution in [0.25, 0.3) is 0 Å². The molecule has 0 bridgehead atoms. The number of hydrogen-bond donors (Lipinski definition) is 1. The summed E-state index contributed by atoms with van der Waals surface area (Å²) in [6.45, 7) is 2.60. The molecule has 0 aromatic heterocycles. The number of amides is 1. The fourth-order valence-corrected chi connectivity index (χ4v) is 6.52. The molecule has 1 amide bonds. The monoisotopic (exact) mass is 524 g/mol. The summed E-state index contributed by atoms with van der Waals surface area (Å²) in [5.41, 5.74) is 4.14. The van der Waals surface area contributed by atoms with Gasteiger partial charge >= 0.3 is 0 Å². The first-order valence-corrected chi connectivity index (χ1v) is 13.9. The maximum atomic E-state index is 12.4. The van der Waals surface area contributed by atoms with Gasteiger partial charge in [0, 0.05) is 42.8 Å². The molecule has 7 nitrogen and oxygen atoms in total. The first kappa shape index (κ1) is 24.8. The van der Waals surface area contributed by atoms with Crippen LogP contribution in [0.4, 0.5) is 5.69 Å². The number of carbonyl (C=O) groups excluding carboxylic acids is 1. The lowest BCUT2D eigenvalue weighted by Crippen LogP contribution is -2.54. The van der Waals surface area contributed by atoms with E-state index in [9.17, 15) is 13.2 Å². The highest BCUT2D eigenvalue weighted by atomic mass is 35.5. The summed E-state index contributed by atoms with van der Waals surface area (Å²) in [5, 5.41) is 9.98. The van der Waals surface area contributed by atoms with E-state index in [2.05, 4.69) is 23.1 Å². The Morgan fingerprint density at radius 3 is 2.53 bits per heavy atom. The topological polar surface area (TPSA) is 87.0 Å². The zero-order chi connectivity index (χ0) is 25.3. The number of primary sulfonamides is 1. The number of benzene rings is 3. The van der Waals surface area contributed by atoms with Crippen LogP contribution < -0.4 is 10.0 Å². The summed E-state index contributed by atoms with van der Waals surface area (Å²) in [5.74, 6) is -0.0345. The van der Waals surface area contributed by atoms with E-state index in [1.54, 1.807) is 17.1 Å². The summed E-state index contributed by atoms with van der Waals surface area (Å²) in [6.07, 6.45) is 2.32. The van der Waals surface area contributed by atoms with Gasteiger partial charge in [-0.15, -0.1) is 0 Å². The maximum Gasteiger partial charge on any atom is 0.238 e. The van der Waals surface area contributed by atoms with E-state index in [-0.39, 0.29) is 16.9 Å². The Morgan fingerprint density at radius 2 is 1.78 bits per heavy atom. The third-order valence-electron chi connectivity index (χ3n) is 7.13. The quantitative estimate of drug-likeness (QED) is 0.475. The largest absolute Gasteiger partial charge is 0.365 e. The molecule has 2 heterocycles. The molecule has 5 rings (SSSR count). The first-order chi connectivity index (χ1) is 17.3. The van der Waals surface area contributed by atoms with Crippen molar-refractivity contribution in [1.29, 1.82) is 0 Å². The summed E-state index contributed by atoms with van der Waals surface area (Å²) < 4.78 is 24.3. The SMILES string of the molecule is NS(=O)(=O)c1ccccc1C1CCN(N(C=O)C2Cc3cc(Cl)ccc3N(Cc3ccccc3)C2)C1. The van der Waals surface area contributed by atoms with Crippen LogP contribution in [0.2, 0.25) is 5.02 Å². The van der Waals surface area contributed by atoms with Crippen molar-refractivity contribution < 1.29 is 13.2 Å². The molecule has 1 saturated heterocycles. The Kier molecular flexibility index (Phi) is 7.03. The zero-order valence-electron chi connectivity index (χ0n) is 19.8. The zero-order valence-corrected chi connectivity index (χ0v) is 21.4. The van der Waals surface area contributed by atoms with Gasteiger partial charge < -0.3 is 4.90 Å². The molecule has 3 aromatic carbocycles. The summed E-state index contributed by atoms with van der Waals surface area (Å²) in [7, 11) is -3.83. The second-order valence-corrected chi connectivity index (χ2v) is 11.4. The van der Waals surface area contributed by atoms with Gasteiger partial charge in [0.1, 0.15) is 0 Å². The minimum Gasteiger partial charge on any atom is -0.365 e. The number of carbonyl (C=O) groups is 1. The van der Waals surface area contributed by atoms with Gasteiger partial charge in [0.15, 0.2) is 0 Å². The molecule has 1 fully saturated rings. The molecule has 0 spiro atoms. The van der Waals surface area contributed by atoms with E-state index in [1.807, 2.05) is 47.5 Å². The highest BCUT2D eigenvalue weighted by Crippen LogP contribution is 2.35. The molecular formula is C27H29ClN4O3S. The third kappa shape index (κ3) is 5.13. The summed E-state index contributed by atoms with van der Waals surface area (Å²) in [6, 6.07) is 23.0. The number of hydrazine groups is 1. The van der Waals surface area contributed by atoms with E-state index >= 15 is 0 Å². The normalized spacial score (nSPS) is 20.2. The Bertz CT molecular complexity index is 1350. The number of rotatable bonds is 7. The minimum absolute atomic E-state index is 0.0345. The lowest BCUT2D eigenvalue weighted by atomic mass is 9.96. The Balaban J connectivity index is 1.39. The number of sulfonamides is 1. The molecule has 36 heavy (non-hydrogen) atoms. The van der Waals surface area contributed by atoms with E-state index in [1.165, 1.54) is 5.56 Å². The van der Waals surface area contributed by atoms with Gasteiger partial charge in [0.2, 0.25) is 16.4 Å². The molecule has 2 atom stereocenters. The highest BCUT2D eigenvalue weighted by Gasteiger charge is 2.36. The number of nitrogens with two attached hydrogens (primary N) is 1. The van der Waals surface area contributed by atoms with Gasteiger partial charge in [-0.2, -0.15) is 0 Å². The van der Waals surface area contributed by atoms with Crippen LogP contribution in [0.15, 0.2) is 77.7 Å². The fourth-order valence-electron chi connectivity index (χ4n) is 5.49. The van der Waals surface area contributed by atoms with Crippen LogP contribution in [0.3, 0.4) is 0 Å². The lowest BCUT2D eigenvalue weighted by Gasteiger charge is -2.43. The van der Waals surface area contributed by atoms with E-state index in [0.717, 1.165) is 30.6 Å². The van der Waals surface area contributed by atoms with Crippen molar-refractivity contribution in [2.24, 2.45) is 5.14 Å². The molecule has 0 radical (unpaired) electrons. The van der Waals surface area contributed by atoms with Gasteiger partial charge in [-0.3, -0.25) is 9.80 Å². The lowest BCUT2D eigenvalue weighted by molar-refractivity contribution is -0.138. The highest BCUT2D eigenvalue weighted by molar-refractivity contribution is 7.89. The third-order valence-corrected chi connectivity index (χ3v) is 8.35. The van der Waals surface area contributed by atoms with Crippen molar-refractivity contribution in [1.82, 2.24) is 10.0 Å². The fraction of sp³-hybridized carbons (Fsp3) is 0.296. The smallest absolute Gasteiger partial charge is 0.238 e. The molecule has 0 saturated carbocycles. The van der Waals surface area contributed by atoms with Crippen molar-refractivity contribution in [2.45, 2.75) is 36.2 Å². The van der Waals surface area contributed by atoms with Crippen LogP contribution >= 0.6 is 11.6 Å². The predicted molar refractivity (Wildman–Crippen MR) is 141 cm³/mol. The Hall–Kier alpha value is -2.91. The number of fused-ring (bicyclic) bond motifs is 1. The van der Waals surface area contributed by atoms with E-state index < -0.39 is 10.0 Å². The van der Waals surface area contributed by atoms with Gasteiger partial charge in [-0.1, -0.05) is 60.1 Å². The molecule has 9 heteroatoms. The number of anilines is 1. The second kappa shape index (κ2) is 10.2. The summed E-state index contributed by atoms with van der Waals surface area (Å²) in [4.78, 5) is 14.9. The Morgan fingerprint density at radius 1 is 1.03 bits per heavy atom. The molecular weight excluding hydrogens is 496 g/mol. The van der Waals surface area contributed by atoms with Crippen LogP contribution in [0.1, 0.15) is 29.0 Å². The maximum absolute atomic E-state index is 12.4. The van der Waals surface area contributed by atoms with Crippen molar-refractivity contribution in [3.05, 3.63) is 94.5 Å². The molecule has 3 aromatic rings. The molecule has 0 aliphatic carbocycles. The molecule has 2 N–H and O–H groups in total. The average Bonchev–Trinajstić information content (AvgIpc) is 3.34. The molecule has 188 valence electrons. The van der Waals surface area contributed by atoms with Crippen LogP contribution in [0.5, 0.6) is 0 Å². The van der Waals surface area contributed by atoms with Gasteiger partial charge in [-0.25, -0.2) is 18.6 Å². The van der Waals surface area contributed by atoms with Crippen molar-refractivity contribution in [2.75, 3.05) is 24.5 Å². The van der Waals surface area contributed by atoms with Gasteiger partial charge in [-0.05, 0) is 53.8 Å². The predicted octanol–water partition coefficient (Wildman–Crippen LogP) is 3.78. The van der Waals surface area contributed by atoms with Gasteiger partial charge in [0.05, 0.1) is 10.9 Å². The van der Waals surface area contributed by atoms with Crippen LogP contribution in [0, 0.1) is 0 Å². The minimum atomic E-state index is -3.83. The first-order valence-electron chi connectivity index (χ1n) is 12.0. The number of nitrogens with zero attached hydrogens (tertiary/aromatic N) is 3. The van der Waals surface area contributed by atoms with Crippen molar-refractivity contribution in [3.63, 3.8) is 0 Å².